The Labute approximate surface area is 84.6 Å². The van der Waals surface area contributed by atoms with E-state index in [1.165, 1.54) is 12.8 Å². The van der Waals surface area contributed by atoms with E-state index in [1.807, 2.05) is 0 Å². The second-order valence-electron chi connectivity index (χ2n) is 3.69. The van der Waals surface area contributed by atoms with Gasteiger partial charge in [-0.05, 0) is 25.2 Å². The molecule has 2 N–H and O–H groups in total. The Bertz CT molecular complexity index is 169. The quantitative estimate of drug-likeness (QED) is 0.555. The molecule has 4 heteroatoms. The van der Waals surface area contributed by atoms with Crippen LogP contribution in [0.5, 0.6) is 0 Å². The molecule has 0 aromatic heterocycles. The number of hydrogen-bond donors (Lipinski definition) is 2. The van der Waals surface area contributed by atoms with Gasteiger partial charge in [-0.2, -0.15) is 0 Å². The Balaban J connectivity index is 1.80. The Morgan fingerprint density at radius 3 is 2.86 bits per heavy atom. The zero-order chi connectivity index (χ0) is 10.2. The molecule has 14 heavy (non-hydrogen) atoms. The summed E-state index contributed by atoms with van der Waals surface area (Å²) in [6, 6.07) is 0. The van der Waals surface area contributed by atoms with Gasteiger partial charge >= 0.3 is 0 Å². The third kappa shape index (κ3) is 5.94. The Morgan fingerprint density at radius 1 is 1.43 bits per heavy atom. The van der Waals surface area contributed by atoms with Gasteiger partial charge in [0, 0.05) is 19.6 Å². The van der Waals surface area contributed by atoms with Crippen LogP contribution in [0.3, 0.4) is 0 Å². The lowest BCUT2D eigenvalue weighted by Crippen LogP contribution is -2.25. The topological polar surface area (TPSA) is 58.6 Å². The fourth-order valence-corrected chi connectivity index (χ4v) is 1.22. The average Bonchev–Trinajstić information content (AvgIpc) is 2.95. The van der Waals surface area contributed by atoms with Crippen LogP contribution in [0, 0.1) is 5.92 Å². The van der Waals surface area contributed by atoms with Crippen molar-refractivity contribution in [2.45, 2.75) is 25.7 Å². The maximum Gasteiger partial charge on any atom is 0.220 e. The minimum atomic E-state index is 0.0635. The fourth-order valence-electron chi connectivity index (χ4n) is 1.22. The van der Waals surface area contributed by atoms with Gasteiger partial charge in [-0.15, -0.1) is 0 Å². The van der Waals surface area contributed by atoms with Crippen molar-refractivity contribution in [1.82, 2.24) is 5.32 Å². The summed E-state index contributed by atoms with van der Waals surface area (Å²) in [5.41, 5.74) is 0. The monoisotopic (exact) mass is 201 g/mol. The maximum atomic E-state index is 11.2. The van der Waals surface area contributed by atoms with Gasteiger partial charge in [0.1, 0.15) is 0 Å². The van der Waals surface area contributed by atoms with Crippen molar-refractivity contribution in [2.75, 3.05) is 26.4 Å². The number of hydrogen-bond acceptors (Lipinski definition) is 3. The van der Waals surface area contributed by atoms with Crippen molar-refractivity contribution in [1.29, 1.82) is 0 Å². The number of aliphatic hydroxyl groups is 1. The molecule has 1 aliphatic rings. The number of amides is 1. The molecule has 0 bridgehead atoms. The highest BCUT2D eigenvalue weighted by atomic mass is 16.5. The standard InChI is InChI=1S/C10H19NO3/c12-5-7-14-6-1-4-11-10(13)8-9-2-3-9/h9,12H,1-8H2,(H,11,13). The maximum absolute atomic E-state index is 11.2. The number of rotatable bonds is 8. The molecule has 0 atom stereocenters. The predicted octanol–water partition coefficient (Wildman–Crippen LogP) is 0.302. The highest BCUT2D eigenvalue weighted by molar-refractivity contribution is 5.76. The molecule has 1 saturated carbocycles. The van der Waals surface area contributed by atoms with Gasteiger partial charge in [0.2, 0.25) is 5.91 Å². The van der Waals surface area contributed by atoms with Crippen LogP contribution in [0.1, 0.15) is 25.7 Å². The van der Waals surface area contributed by atoms with Crippen molar-refractivity contribution in [2.24, 2.45) is 5.92 Å². The molecule has 0 spiro atoms. The lowest BCUT2D eigenvalue weighted by Gasteiger charge is -2.04. The van der Waals surface area contributed by atoms with E-state index in [1.54, 1.807) is 0 Å². The van der Waals surface area contributed by atoms with Gasteiger partial charge < -0.3 is 15.2 Å². The fraction of sp³-hybridized carbons (Fsp3) is 0.900. The van der Waals surface area contributed by atoms with E-state index in [-0.39, 0.29) is 12.5 Å². The van der Waals surface area contributed by atoms with E-state index in [0.29, 0.717) is 32.1 Å². The van der Waals surface area contributed by atoms with Crippen molar-refractivity contribution in [3.8, 4) is 0 Å². The first-order valence-corrected chi connectivity index (χ1v) is 5.28. The molecular formula is C10H19NO3. The molecular weight excluding hydrogens is 182 g/mol. The first-order valence-electron chi connectivity index (χ1n) is 5.28. The van der Waals surface area contributed by atoms with E-state index in [4.69, 9.17) is 9.84 Å². The molecule has 0 radical (unpaired) electrons. The summed E-state index contributed by atoms with van der Waals surface area (Å²) in [5.74, 6) is 0.815. The number of carbonyl (C=O) groups excluding carboxylic acids is 1. The smallest absolute Gasteiger partial charge is 0.220 e. The Kier molecular flexibility index (Phi) is 5.56. The summed E-state index contributed by atoms with van der Waals surface area (Å²) in [6.07, 6.45) is 3.94. The van der Waals surface area contributed by atoms with Crippen molar-refractivity contribution >= 4 is 5.91 Å². The third-order valence-corrected chi connectivity index (χ3v) is 2.19. The molecule has 1 aliphatic carbocycles. The highest BCUT2D eigenvalue weighted by Crippen LogP contribution is 2.31. The summed E-state index contributed by atoms with van der Waals surface area (Å²) in [7, 11) is 0. The summed E-state index contributed by atoms with van der Waals surface area (Å²) < 4.78 is 5.06. The second kappa shape index (κ2) is 6.79. The number of aliphatic hydroxyl groups excluding tert-OH is 1. The molecule has 0 saturated heterocycles. The van der Waals surface area contributed by atoms with Crippen LogP contribution in [-0.4, -0.2) is 37.4 Å². The first-order chi connectivity index (χ1) is 6.83. The van der Waals surface area contributed by atoms with E-state index >= 15 is 0 Å². The van der Waals surface area contributed by atoms with Gasteiger partial charge in [-0.25, -0.2) is 0 Å². The van der Waals surface area contributed by atoms with Crippen molar-refractivity contribution < 1.29 is 14.6 Å². The summed E-state index contributed by atoms with van der Waals surface area (Å²) in [4.78, 5) is 11.2. The molecule has 82 valence electrons. The zero-order valence-electron chi connectivity index (χ0n) is 8.50. The summed E-state index contributed by atoms with van der Waals surface area (Å²) >= 11 is 0. The predicted molar refractivity (Wildman–Crippen MR) is 52.9 cm³/mol. The van der Waals surface area contributed by atoms with Crippen LogP contribution in [0.4, 0.5) is 0 Å². The largest absolute Gasteiger partial charge is 0.394 e. The van der Waals surface area contributed by atoms with Crippen LogP contribution in [-0.2, 0) is 9.53 Å². The van der Waals surface area contributed by atoms with Crippen LogP contribution in [0.15, 0.2) is 0 Å². The van der Waals surface area contributed by atoms with E-state index in [0.717, 1.165) is 6.42 Å². The highest BCUT2D eigenvalue weighted by Gasteiger charge is 2.23. The molecule has 0 aromatic carbocycles. The molecule has 1 fully saturated rings. The SMILES string of the molecule is O=C(CC1CC1)NCCCOCCO. The van der Waals surface area contributed by atoms with Crippen LogP contribution in [0.25, 0.3) is 0 Å². The van der Waals surface area contributed by atoms with Gasteiger partial charge in [0.05, 0.1) is 13.2 Å². The molecule has 0 heterocycles. The minimum Gasteiger partial charge on any atom is -0.394 e. The molecule has 1 amide bonds. The normalized spacial score (nSPS) is 15.5. The van der Waals surface area contributed by atoms with Gasteiger partial charge in [0.15, 0.2) is 0 Å². The lowest BCUT2D eigenvalue weighted by molar-refractivity contribution is -0.121. The molecule has 1 rings (SSSR count). The molecule has 0 unspecified atom stereocenters. The van der Waals surface area contributed by atoms with Crippen molar-refractivity contribution in [3.05, 3.63) is 0 Å². The van der Waals surface area contributed by atoms with Crippen molar-refractivity contribution in [3.63, 3.8) is 0 Å². The molecule has 0 aliphatic heterocycles. The zero-order valence-corrected chi connectivity index (χ0v) is 8.50. The van der Waals surface area contributed by atoms with Gasteiger partial charge in [0.25, 0.3) is 0 Å². The number of nitrogens with one attached hydrogen (secondary N) is 1. The number of ether oxygens (including phenoxy) is 1. The van der Waals surface area contributed by atoms with Crippen LogP contribution in [0.2, 0.25) is 0 Å². The average molecular weight is 201 g/mol. The lowest BCUT2D eigenvalue weighted by atomic mass is 10.3. The summed E-state index contributed by atoms with van der Waals surface area (Å²) in [5, 5.41) is 11.3. The van der Waals surface area contributed by atoms with E-state index in [9.17, 15) is 4.79 Å². The van der Waals surface area contributed by atoms with Crippen LogP contribution < -0.4 is 5.32 Å². The minimum absolute atomic E-state index is 0.0635. The Hall–Kier alpha value is -0.610. The van der Waals surface area contributed by atoms with E-state index < -0.39 is 0 Å². The Morgan fingerprint density at radius 2 is 2.21 bits per heavy atom. The third-order valence-electron chi connectivity index (χ3n) is 2.19. The second-order valence-corrected chi connectivity index (χ2v) is 3.69. The first kappa shape index (κ1) is 11.5. The molecule has 4 nitrogen and oxygen atoms in total. The van der Waals surface area contributed by atoms with E-state index in [2.05, 4.69) is 5.32 Å². The van der Waals surface area contributed by atoms with Gasteiger partial charge in [-0.3, -0.25) is 4.79 Å². The summed E-state index contributed by atoms with van der Waals surface area (Å²) in [6.45, 7) is 1.73. The van der Waals surface area contributed by atoms with Gasteiger partial charge in [-0.1, -0.05) is 0 Å². The van der Waals surface area contributed by atoms with Crippen LogP contribution >= 0.6 is 0 Å². The molecule has 0 aromatic rings. The number of carbonyl (C=O) groups is 1.